The second-order valence-corrected chi connectivity index (χ2v) is 7.20. The van der Waals surface area contributed by atoms with Crippen molar-refractivity contribution in [1.29, 1.82) is 0 Å². The standard InChI is InChI=1S/C14H16N2O2S/c17-19(18)8-7-13(10-19)15-9-12-6-5-11-3-1-2-4-14(11)16-12/h1-6,13,15H,7-10H2. The molecule has 19 heavy (non-hydrogen) atoms. The summed E-state index contributed by atoms with van der Waals surface area (Å²) in [5, 5.41) is 4.40. The predicted molar refractivity (Wildman–Crippen MR) is 75.6 cm³/mol. The first-order valence-electron chi connectivity index (χ1n) is 6.41. The van der Waals surface area contributed by atoms with Gasteiger partial charge in [-0.3, -0.25) is 4.98 Å². The van der Waals surface area contributed by atoms with E-state index in [1.807, 2.05) is 36.4 Å². The molecule has 5 heteroatoms. The highest BCUT2D eigenvalue weighted by Gasteiger charge is 2.27. The minimum Gasteiger partial charge on any atom is -0.307 e. The second-order valence-electron chi connectivity index (χ2n) is 4.98. The molecule has 1 N–H and O–H groups in total. The number of para-hydroxylation sites is 1. The van der Waals surface area contributed by atoms with Crippen molar-refractivity contribution in [3.05, 3.63) is 42.1 Å². The van der Waals surface area contributed by atoms with Gasteiger partial charge in [-0.05, 0) is 18.6 Å². The van der Waals surface area contributed by atoms with Crippen LogP contribution in [0.1, 0.15) is 12.1 Å². The van der Waals surface area contributed by atoms with Crippen molar-refractivity contribution in [3.8, 4) is 0 Å². The van der Waals surface area contributed by atoms with Gasteiger partial charge in [0.2, 0.25) is 0 Å². The molecule has 0 saturated carbocycles. The van der Waals surface area contributed by atoms with Gasteiger partial charge in [-0.1, -0.05) is 24.3 Å². The Hall–Kier alpha value is -1.46. The van der Waals surface area contributed by atoms with Crippen molar-refractivity contribution < 1.29 is 8.42 Å². The van der Waals surface area contributed by atoms with Crippen molar-refractivity contribution in [1.82, 2.24) is 10.3 Å². The minimum absolute atomic E-state index is 0.0678. The highest BCUT2D eigenvalue weighted by molar-refractivity contribution is 7.91. The Morgan fingerprint density at radius 3 is 2.84 bits per heavy atom. The van der Waals surface area contributed by atoms with E-state index in [1.54, 1.807) is 0 Å². The second kappa shape index (κ2) is 4.90. The van der Waals surface area contributed by atoms with Crippen molar-refractivity contribution in [2.24, 2.45) is 0 Å². The monoisotopic (exact) mass is 276 g/mol. The van der Waals surface area contributed by atoms with Gasteiger partial charge in [0, 0.05) is 18.0 Å². The van der Waals surface area contributed by atoms with Crippen LogP contribution in [0.15, 0.2) is 36.4 Å². The zero-order chi connectivity index (χ0) is 13.3. The van der Waals surface area contributed by atoms with Gasteiger partial charge in [0.15, 0.2) is 9.84 Å². The molecule has 0 amide bonds. The summed E-state index contributed by atoms with van der Waals surface area (Å²) in [5.41, 5.74) is 1.92. The zero-order valence-corrected chi connectivity index (χ0v) is 11.4. The molecule has 1 unspecified atom stereocenters. The largest absolute Gasteiger partial charge is 0.307 e. The van der Waals surface area contributed by atoms with Gasteiger partial charge < -0.3 is 5.32 Å². The summed E-state index contributed by atoms with van der Waals surface area (Å²) >= 11 is 0. The maximum absolute atomic E-state index is 11.4. The van der Waals surface area contributed by atoms with Gasteiger partial charge in [-0.15, -0.1) is 0 Å². The van der Waals surface area contributed by atoms with E-state index in [1.165, 1.54) is 0 Å². The number of fused-ring (bicyclic) bond motifs is 1. The Balaban J connectivity index is 1.69. The third-order valence-corrected chi connectivity index (χ3v) is 5.23. The fourth-order valence-corrected chi connectivity index (χ4v) is 4.12. The number of rotatable bonds is 3. The van der Waals surface area contributed by atoms with Crippen LogP contribution in [-0.2, 0) is 16.4 Å². The van der Waals surface area contributed by atoms with E-state index in [0.29, 0.717) is 18.7 Å². The molecule has 1 saturated heterocycles. The molecule has 4 nitrogen and oxygen atoms in total. The topological polar surface area (TPSA) is 59.1 Å². The lowest BCUT2D eigenvalue weighted by molar-refractivity contribution is 0.549. The van der Waals surface area contributed by atoms with Crippen LogP contribution in [0, 0.1) is 0 Å². The summed E-state index contributed by atoms with van der Waals surface area (Å²) in [4.78, 5) is 4.56. The van der Waals surface area contributed by atoms with Crippen LogP contribution in [0.4, 0.5) is 0 Å². The van der Waals surface area contributed by atoms with E-state index in [0.717, 1.165) is 16.6 Å². The van der Waals surface area contributed by atoms with E-state index >= 15 is 0 Å². The Morgan fingerprint density at radius 2 is 2.05 bits per heavy atom. The van der Waals surface area contributed by atoms with Gasteiger partial charge in [-0.2, -0.15) is 0 Å². The number of hydrogen-bond acceptors (Lipinski definition) is 4. The first kappa shape index (κ1) is 12.6. The van der Waals surface area contributed by atoms with Gasteiger partial charge in [0.1, 0.15) is 0 Å². The normalized spacial score (nSPS) is 21.8. The summed E-state index contributed by atoms with van der Waals surface area (Å²) in [6, 6.07) is 12.1. The summed E-state index contributed by atoms with van der Waals surface area (Å²) in [5.74, 6) is 0.552. The maximum atomic E-state index is 11.4. The van der Waals surface area contributed by atoms with Crippen LogP contribution in [0.2, 0.25) is 0 Å². The van der Waals surface area contributed by atoms with E-state index in [-0.39, 0.29) is 11.8 Å². The van der Waals surface area contributed by atoms with Gasteiger partial charge in [0.05, 0.1) is 22.7 Å². The Morgan fingerprint density at radius 1 is 1.21 bits per heavy atom. The van der Waals surface area contributed by atoms with Crippen LogP contribution in [0.25, 0.3) is 10.9 Å². The molecule has 2 heterocycles. The smallest absolute Gasteiger partial charge is 0.151 e. The number of nitrogens with zero attached hydrogens (tertiary/aromatic N) is 1. The SMILES string of the molecule is O=S1(=O)CCC(NCc2ccc3ccccc3n2)C1. The molecule has 1 aliphatic rings. The van der Waals surface area contributed by atoms with Crippen LogP contribution < -0.4 is 5.32 Å². The van der Waals surface area contributed by atoms with Crippen LogP contribution in [0.5, 0.6) is 0 Å². The molecule has 0 radical (unpaired) electrons. The molecule has 1 aromatic carbocycles. The number of sulfone groups is 1. The quantitative estimate of drug-likeness (QED) is 0.923. The lowest BCUT2D eigenvalue weighted by atomic mass is 10.2. The van der Waals surface area contributed by atoms with Crippen molar-refractivity contribution in [3.63, 3.8) is 0 Å². The van der Waals surface area contributed by atoms with Crippen molar-refractivity contribution in [2.75, 3.05) is 11.5 Å². The number of aromatic nitrogens is 1. The maximum Gasteiger partial charge on any atom is 0.151 e. The molecule has 1 fully saturated rings. The van der Waals surface area contributed by atoms with Crippen LogP contribution in [-0.4, -0.2) is 30.9 Å². The molecule has 0 spiro atoms. The fourth-order valence-electron chi connectivity index (χ4n) is 2.41. The van der Waals surface area contributed by atoms with E-state index in [9.17, 15) is 8.42 Å². The Kier molecular flexibility index (Phi) is 3.24. The molecule has 2 aromatic rings. The van der Waals surface area contributed by atoms with Crippen molar-refractivity contribution in [2.45, 2.75) is 19.0 Å². The molecule has 3 rings (SSSR count). The summed E-state index contributed by atoms with van der Waals surface area (Å²) < 4.78 is 22.7. The summed E-state index contributed by atoms with van der Waals surface area (Å²) in [6.07, 6.45) is 0.704. The lowest BCUT2D eigenvalue weighted by Gasteiger charge is -2.10. The third kappa shape index (κ3) is 2.93. The average Bonchev–Trinajstić information content (AvgIpc) is 2.76. The Bertz CT molecular complexity index is 697. The summed E-state index contributed by atoms with van der Waals surface area (Å²) in [6.45, 7) is 0.616. The number of hydrogen-bond donors (Lipinski definition) is 1. The molecule has 0 bridgehead atoms. The molecule has 0 aliphatic carbocycles. The van der Waals surface area contributed by atoms with Gasteiger partial charge in [-0.25, -0.2) is 8.42 Å². The van der Waals surface area contributed by atoms with Crippen molar-refractivity contribution >= 4 is 20.7 Å². The first-order valence-corrected chi connectivity index (χ1v) is 8.23. The summed E-state index contributed by atoms with van der Waals surface area (Å²) in [7, 11) is -2.82. The average molecular weight is 276 g/mol. The van der Waals surface area contributed by atoms with Gasteiger partial charge in [0.25, 0.3) is 0 Å². The first-order chi connectivity index (χ1) is 9.12. The molecule has 1 atom stereocenters. The molecule has 1 aromatic heterocycles. The fraction of sp³-hybridized carbons (Fsp3) is 0.357. The number of benzene rings is 1. The molecular weight excluding hydrogens is 260 g/mol. The predicted octanol–water partition coefficient (Wildman–Crippen LogP) is 1.51. The van der Waals surface area contributed by atoms with E-state index in [2.05, 4.69) is 10.3 Å². The zero-order valence-electron chi connectivity index (χ0n) is 10.5. The van der Waals surface area contributed by atoms with Gasteiger partial charge >= 0.3 is 0 Å². The van der Waals surface area contributed by atoms with Crippen LogP contribution >= 0.6 is 0 Å². The highest BCUT2D eigenvalue weighted by Crippen LogP contribution is 2.14. The minimum atomic E-state index is -2.82. The number of pyridine rings is 1. The lowest BCUT2D eigenvalue weighted by Crippen LogP contribution is -2.29. The Labute approximate surface area is 112 Å². The van der Waals surface area contributed by atoms with Crippen LogP contribution in [0.3, 0.4) is 0 Å². The highest BCUT2D eigenvalue weighted by atomic mass is 32.2. The molecule has 1 aliphatic heterocycles. The van der Waals surface area contributed by atoms with E-state index in [4.69, 9.17) is 0 Å². The molecule has 100 valence electrons. The molecular formula is C14H16N2O2S. The van der Waals surface area contributed by atoms with E-state index < -0.39 is 9.84 Å². The number of nitrogens with one attached hydrogen (secondary N) is 1. The third-order valence-electron chi connectivity index (χ3n) is 3.46.